The van der Waals surface area contributed by atoms with Crippen LogP contribution >= 0.6 is 0 Å². The minimum atomic E-state index is -1.04. The fourth-order valence-electron chi connectivity index (χ4n) is 1.72. The molecule has 0 fully saturated rings. The van der Waals surface area contributed by atoms with Crippen molar-refractivity contribution in [3.05, 3.63) is 11.9 Å². The Morgan fingerprint density at radius 1 is 1.59 bits per heavy atom. The van der Waals surface area contributed by atoms with Crippen LogP contribution in [-0.2, 0) is 6.54 Å². The van der Waals surface area contributed by atoms with Gasteiger partial charge < -0.3 is 10.4 Å². The molecule has 2 N–H and O–H groups in total. The van der Waals surface area contributed by atoms with Gasteiger partial charge in [0.25, 0.3) is 0 Å². The molecule has 1 aromatic heterocycles. The molecule has 6 nitrogen and oxygen atoms in total. The van der Waals surface area contributed by atoms with E-state index in [9.17, 15) is 4.79 Å². The highest BCUT2D eigenvalue weighted by Crippen LogP contribution is 2.04. The maximum atomic E-state index is 10.6. The van der Waals surface area contributed by atoms with Crippen LogP contribution < -0.4 is 5.32 Å². The van der Waals surface area contributed by atoms with Crippen molar-refractivity contribution in [3.8, 4) is 0 Å². The normalized spacial score (nSPS) is 12.9. The lowest BCUT2D eigenvalue weighted by Gasteiger charge is -2.20. The van der Waals surface area contributed by atoms with E-state index in [1.165, 1.54) is 6.20 Å². The molecular formula is C11H20N4O2. The number of carboxylic acid groups (broad SMARTS) is 1. The predicted molar refractivity (Wildman–Crippen MR) is 63.9 cm³/mol. The standard InChI is InChI=1S/C11H20N4O2/c1-4-9(8(2)3)12-5-6-15-7-10(11(16)17)13-14-15/h7-9,12H,4-6H2,1-3H3,(H,16,17). The second-order valence-electron chi connectivity index (χ2n) is 4.38. The van der Waals surface area contributed by atoms with E-state index in [4.69, 9.17) is 5.11 Å². The molecule has 0 aromatic carbocycles. The SMILES string of the molecule is CCC(NCCn1cc(C(=O)O)nn1)C(C)C. The maximum absolute atomic E-state index is 10.6. The van der Waals surface area contributed by atoms with E-state index in [-0.39, 0.29) is 5.69 Å². The van der Waals surface area contributed by atoms with Crippen LogP contribution in [0.5, 0.6) is 0 Å². The maximum Gasteiger partial charge on any atom is 0.358 e. The Hall–Kier alpha value is -1.43. The Labute approximate surface area is 101 Å². The number of carboxylic acids is 1. The van der Waals surface area contributed by atoms with E-state index in [2.05, 4.69) is 36.4 Å². The van der Waals surface area contributed by atoms with Crippen molar-refractivity contribution in [3.63, 3.8) is 0 Å². The molecule has 0 radical (unpaired) electrons. The molecule has 1 aromatic rings. The first kappa shape index (κ1) is 13.6. The summed E-state index contributed by atoms with van der Waals surface area (Å²) in [4.78, 5) is 10.6. The minimum absolute atomic E-state index is 0.0131. The van der Waals surface area contributed by atoms with E-state index in [1.54, 1.807) is 4.68 Å². The molecule has 0 aliphatic carbocycles. The van der Waals surface area contributed by atoms with E-state index in [1.807, 2.05) is 0 Å². The first-order valence-electron chi connectivity index (χ1n) is 5.91. The van der Waals surface area contributed by atoms with Crippen LogP contribution in [0.2, 0.25) is 0 Å². The quantitative estimate of drug-likeness (QED) is 0.743. The molecule has 0 saturated carbocycles. The topological polar surface area (TPSA) is 80.0 Å². The molecule has 6 heteroatoms. The lowest BCUT2D eigenvalue weighted by atomic mass is 10.0. The van der Waals surface area contributed by atoms with Gasteiger partial charge in [-0.1, -0.05) is 26.0 Å². The molecule has 0 saturated heterocycles. The van der Waals surface area contributed by atoms with Crippen LogP contribution in [0.1, 0.15) is 37.7 Å². The van der Waals surface area contributed by atoms with Gasteiger partial charge >= 0.3 is 5.97 Å². The number of nitrogens with zero attached hydrogens (tertiary/aromatic N) is 3. The Balaban J connectivity index is 2.37. The monoisotopic (exact) mass is 240 g/mol. The zero-order valence-corrected chi connectivity index (χ0v) is 10.6. The summed E-state index contributed by atoms with van der Waals surface area (Å²) in [5, 5.41) is 19.4. The van der Waals surface area contributed by atoms with Gasteiger partial charge in [0, 0.05) is 12.6 Å². The molecule has 1 rings (SSSR count). The summed E-state index contributed by atoms with van der Waals surface area (Å²) >= 11 is 0. The van der Waals surface area contributed by atoms with Gasteiger partial charge in [-0.3, -0.25) is 4.68 Å². The summed E-state index contributed by atoms with van der Waals surface area (Å²) in [5.74, 6) is -0.455. The lowest BCUT2D eigenvalue weighted by Crippen LogP contribution is -2.35. The fourth-order valence-corrected chi connectivity index (χ4v) is 1.72. The summed E-state index contributed by atoms with van der Waals surface area (Å²) in [6.07, 6.45) is 2.52. The number of aromatic carboxylic acids is 1. The Bertz CT molecular complexity index is 362. The van der Waals surface area contributed by atoms with E-state index in [0.717, 1.165) is 13.0 Å². The second kappa shape index (κ2) is 6.34. The highest BCUT2D eigenvalue weighted by Gasteiger charge is 2.10. The summed E-state index contributed by atoms with van der Waals surface area (Å²) in [7, 11) is 0. The molecule has 0 spiro atoms. The molecule has 0 amide bonds. The third kappa shape index (κ3) is 4.14. The van der Waals surface area contributed by atoms with Crippen LogP contribution in [0.25, 0.3) is 0 Å². The zero-order valence-electron chi connectivity index (χ0n) is 10.6. The molecule has 17 heavy (non-hydrogen) atoms. The highest BCUT2D eigenvalue weighted by atomic mass is 16.4. The smallest absolute Gasteiger partial charge is 0.358 e. The minimum Gasteiger partial charge on any atom is -0.476 e. The third-order valence-corrected chi connectivity index (χ3v) is 2.75. The summed E-state index contributed by atoms with van der Waals surface area (Å²) in [5.41, 5.74) is -0.0131. The zero-order chi connectivity index (χ0) is 12.8. The van der Waals surface area contributed by atoms with Gasteiger partial charge in [0.05, 0.1) is 12.7 Å². The van der Waals surface area contributed by atoms with Gasteiger partial charge in [-0.25, -0.2) is 4.79 Å². The number of hydrogen-bond donors (Lipinski definition) is 2. The van der Waals surface area contributed by atoms with Crippen molar-refractivity contribution in [1.29, 1.82) is 0 Å². The highest BCUT2D eigenvalue weighted by molar-refractivity contribution is 5.84. The number of rotatable bonds is 7. The Kier molecular flexibility index (Phi) is 5.09. The number of carbonyl (C=O) groups is 1. The molecule has 0 bridgehead atoms. The molecule has 0 aliphatic rings. The van der Waals surface area contributed by atoms with Crippen LogP contribution in [0.4, 0.5) is 0 Å². The summed E-state index contributed by atoms with van der Waals surface area (Å²) in [6, 6.07) is 0.484. The van der Waals surface area contributed by atoms with Crippen molar-refractivity contribution in [2.24, 2.45) is 5.92 Å². The molecular weight excluding hydrogens is 220 g/mol. The van der Waals surface area contributed by atoms with Crippen molar-refractivity contribution in [2.75, 3.05) is 6.54 Å². The van der Waals surface area contributed by atoms with Gasteiger partial charge in [0.2, 0.25) is 0 Å². The van der Waals surface area contributed by atoms with Crippen LogP contribution in [0, 0.1) is 5.92 Å². The summed E-state index contributed by atoms with van der Waals surface area (Å²) in [6.45, 7) is 7.90. The average molecular weight is 240 g/mol. The van der Waals surface area contributed by atoms with Crippen molar-refractivity contribution < 1.29 is 9.90 Å². The van der Waals surface area contributed by atoms with Crippen molar-refractivity contribution in [1.82, 2.24) is 20.3 Å². The van der Waals surface area contributed by atoms with Gasteiger partial charge in [-0.15, -0.1) is 5.10 Å². The van der Waals surface area contributed by atoms with Crippen molar-refractivity contribution >= 4 is 5.97 Å². The number of nitrogens with one attached hydrogen (secondary N) is 1. The fraction of sp³-hybridized carbons (Fsp3) is 0.727. The predicted octanol–water partition coefficient (Wildman–Crippen LogP) is 1.00. The summed E-state index contributed by atoms with van der Waals surface area (Å²) < 4.78 is 1.55. The number of aromatic nitrogens is 3. The van der Waals surface area contributed by atoms with Gasteiger partial charge in [0.1, 0.15) is 0 Å². The average Bonchev–Trinajstić information content (AvgIpc) is 2.72. The molecule has 1 unspecified atom stereocenters. The van der Waals surface area contributed by atoms with Crippen LogP contribution in [0.15, 0.2) is 6.20 Å². The molecule has 0 aliphatic heterocycles. The van der Waals surface area contributed by atoms with Crippen molar-refractivity contribution in [2.45, 2.75) is 39.8 Å². The molecule has 96 valence electrons. The third-order valence-electron chi connectivity index (χ3n) is 2.75. The van der Waals surface area contributed by atoms with E-state index >= 15 is 0 Å². The van der Waals surface area contributed by atoms with E-state index < -0.39 is 5.97 Å². The Morgan fingerprint density at radius 3 is 2.76 bits per heavy atom. The lowest BCUT2D eigenvalue weighted by molar-refractivity contribution is 0.0690. The second-order valence-corrected chi connectivity index (χ2v) is 4.38. The largest absolute Gasteiger partial charge is 0.476 e. The molecule has 1 heterocycles. The Morgan fingerprint density at radius 2 is 2.29 bits per heavy atom. The van der Waals surface area contributed by atoms with Crippen LogP contribution in [0.3, 0.4) is 0 Å². The number of hydrogen-bond acceptors (Lipinski definition) is 4. The van der Waals surface area contributed by atoms with Gasteiger partial charge in [0.15, 0.2) is 5.69 Å². The van der Waals surface area contributed by atoms with Gasteiger partial charge in [-0.05, 0) is 12.3 Å². The van der Waals surface area contributed by atoms with E-state index in [0.29, 0.717) is 18.5 Å². The molecule has 1 atom stereocenters. The van der Waals surface area contributed by atoms with Crippen LogP contribution in [-0.4, -0.2) is 38.7 Å². The first-order chi connectivity index (χ1) is 8.04. The van der Waals surface area contributed by atoms with Gasteiger partial charge in [-0.2, -0.15) is 0 Å². The first-order valence-corrected chi connectivity index (χ1v) is 5.91.